The highest BCUT2D eigenvalue weighted by Crippen LogP contribution is 2.24. The van der Waals surface area contributed by atoms with Crippen molar-refractivity contribution in [2.75, 3.05) is 0 Å². The molecule has 0 amide bonds. The van der Waals surface area contributed by atoms with Gasteiger partial charge in [0.05, 0.1) is 4.47 Å². The fourth-order valence-electron chi connectivity index (χ4n) is 1.63. The molecule has 2 aromatic rings. The SMILES string of the molecule is Oc1ccc(CNCc2ccc(O)c(Br)c2)cc1. The van der Waals surface area contributed by atoms with Gasteiger partial charge in [-0.3, -0.25) is 0 Å². The third-order valence-corrected chi connectivity index (χ3v) is 3.24. The van der Waals surface area contributed by atoms with Crippen molar-refractivity contribution >= 4 is 15.9 Å². The Balaban J connectivity index is 1.88. The first-order chi connectivity index (χ1) is 8.65. The molecule has 0 radical (unpaired) electrons. The number of hydrogen-bond acceptors (Lipinski definition) is 3. The fraction of sp³-hybridized carbons (Fsp3) is 0.143. The zero-order chi connectivity index (χ0) is 13.0. The molecule has 0 heterocycles. The monoisotopic (exact) mass is 307 g/mol. The first-order valence-corrected chi connectivity index (χ1v) is 6.40. The van der Waals surface area contributed by atoms with Gasteiger partial charge in [-0.15, -0.1) is 0 Å². The molecule has 0 aliphatic carbocycles. The van der Waals surface area contributed by atoms with Gasteiger partial charge in [-0.05, 0) is 51.3 Å². The molecule has 0 aliphatic rings. The molecular formula is C14H14BrNO2. The molecule has 0 atom stereocenters. The van der Waals surface area contributed by atoms with Crippen molar-refractivity contribution in [1.29, 1.82) is 0 Å². The maximum absolute atomic E-state index is 9.38. The van der Waals surface area contributed by atoms with Gasteiger partial charge in [0.1, 0.15) is 11.5 Å². The summed E-state index contributed by atoms with van der Waals surface area (Å²) >= 11 is 3.29. The molecule has 18 heavy (non-hydrogen) atoms. The number of aromatic hydroxyl groups is 2. The predicted molar refractivity (Wildman–Crippen MR) is 74.5 cm³/mol. The van der Waals surface area contributed by atoms with Crippen LogP contribution in [-0.4, -0.2) is 10.2 Å². The van der Waals surface area contributed by atoms with Crippen molar-refractivity contribution in [3.05, 3.63) is 58.1 Å². The second kappa shape index (κ2) is 5.89. The van der Waals surface area contributed by atoms with Gasteiger partial charge in [-0.25, -0.2) is 0 Å². The second-order valence-corrected chi connectivity index (χ2v) is 4.91. The molecule has 0 aromatic heterocycles. The smallest absolute Gasteiger partial charge is 0.129 e. The first kappa shape index (κ1) is 12.9. The first-order valence-electron chi connectivity index (χ1n) is 5.61. The summed E-state index contributed by atoms with van der Waals surface area (Å²) in [6, 6.07) is 12.6. The normalized spacial score (nSPS) is 10.5. The lowest BCUT2D eigenvalue weighted by Crippen LogP contribution is -2.12. The molecule has 0 spiro atoms. The van der Waals surface area contributed by atoms with E-state index in [0.717, 1.165) is 24.2 Å². The summed E-state index contributed by atoms with van der Waals surface area (Å²) in [5.41, 5.74) is 2.21. The van der Waals surface area contributed by atoms with Crippen LogP contribution in [0.2, 0.25) is 0 Å². The molecule has 0 aliphatic heterocycles. The average Bonchev–Trinajstić information content (AvgIpc) is 2.36. The summed E-state index contributed by atoms with van der Waals surface area (Å²) in [7, 11) is 0. The van der Waals surface area contributed by atoms with Gasteiger partial charge in [-0.1, -0.05) is 18.2 Å². The van der Waals surface area contributed by atoms with E-state index in [1.807, 2.05) is 24.3 Å². The van der Waals surface area contributed by atoms with E-state index < -0.39 is 0 Å². The third kappa shape index (κ3) is 3.48. The minimum atomic E-state index is 0.247. The van der Waals surface area contributed by atoms with Gasteiger partial charge >= 0.3 is 0 Å². The van der Waals surface area contributed by atoms with Crippen LogP contribution < -0.4 is 5.32 Å². The van der Waals surface area contributed by atoms with E-state index in [9.17, 15) is 5.11 Å². The molecule has 4 heteroatoms. The van der Waals surface area contributed by atoms with Crippen LogP contribution in [0, 0.1) is 0 Å². The van der Waals surface area contributed by atoms with Gasteiger partial charge in [-0.2, -0.15) is 0 Å². The van der Waals surface area contributed by atoms with Crippen LogP contribution >= 0.6 is 15.9 Å². The highest BCUT2D eigenvalue weighted by atomic mass is 79.9. The number of phenols is 2. The molecule has 3 nitrogen and oxygen atoms in total. The summed E-state index contributed by atoms with van der Waals surface area (Å²) in [5, 5.41) is 21.8. The Morgan fingerprint density at radius 2 is 1.50 bits per heavy atom. The van der Waals surface area contributed by atoms with Crippen molar-refractivity contribution < 1.29 is 10.2 Å². The van der Waals surface area contributed by atoms with Crippen molar-refractivity contribution in [3.8, 4) is 11.5 Å². The minimum absolute atomic E-state index is 0.247. The summed E-state index contributed by atoms with van der Waals surface area (Å²) in [6.07, 6.45) is 0. The molecule has 0 saturated heterocycles. The summed E-state index contributed by atoms with van der Waals surface area (Å²) in [4.78, 5) is 0. The van der Waals surface area contributed by atoms with Gasteiger partial charge in [0.25, 0.3) is 0 Å². The fourth-order valence-corrected chi connectivity index (χ4v) is 2.05. The van der Waals surface area contributed by atoms with Gasteiger partial charge in [0.15, 0.2) is 0 Å². The topological polar surface area (TPSA) is 52.5 Å². The van der Waals surface area contributed by atoms with Crippen LogP contribution in [0.15, 0.2) is 46.9 Å². The summed E-state index contributed by atoms with van der Waals surface area (Å²) < 4.78 is 0.700. The number of phenolic OH excluding ortho intramolecular Hbond substituents is 2. The molecule has 0 bridgehead atoms. The highest BCUT2D eigenvalue weighted by Gasteiger charge is 1.99. The second-order valence-electron chi connectivity index (χ2n) is 4.06. The Kier molecular flexibility index (Phi) is 4.23. The van der Waals surface area contributed by atoms with Crippen LogP contribution in [0.5, 0.6) is 11.5 Å². The number of benzene rings is 2. The molecule has 0 fully saturated rings. The minimum Gasteiger partial charge on any atom is -0.508 e. The molecule has 2 rings (SSSR count). The number of halogens is 1. The standard InChI is InChI=1S/C14H14BrNO2/c15-13-7-11(3-6-14(13)18)9-16-8-10-1-4-12(17)5-2-10/h1-7,16-18H,8-9H2. The molecule has 0 saturated carbocycles. The predicted octanol–water partition coefficient (Wildman–Crippen LogP) is 3.15. The van der Waals surface area contributed by atoms with Crippen molar-refractivity contribution in [3.63, 3.8) is 0 Å². The van der Waals surface area contributed by atoms with E-state index in [4.69, 9.17) is 5.11 Å². The van der Waals surface area contributed by atoms with Crippen LogP contribution in [-0.2, 0) is 13.1 Å². The van der Waals surface area contributed by atoms with E-state index in [1.165, 1.54) is 0 Å². The zero-order valence-electron chi connectivity index (χ0n) is 9.73. The Bertz CT molecular complexity index is 526. The number of hydrogen-bond donors (Lipinski definition) is 3. The van der Waals surface area contributed by atoms with Gasteiger partial charge in [0, 0.05) is 13.1 Å². The molecule has 0 unspecified atom stereocenters. The van der Waals surface area contributed by atoms with Crippen molar-refractivity contribution in [1.82, 2.24) is 5.32 Å². The summed E-state index contributed by atoms with van der Waals surface area (Å²) in [6.45, 7) is 1.46. The maximum atomic E-state index is 9.38. The van der Waals surface area contributed by atoms with Crippen molar-refractivity contribution in [2.45, 2.75) is 13.1 Å². The molecule has 2 aromatic carbocycles. The summed E-state index contributed by atoms with van der Waals surface area (Å²) in [5.74, 6) is 0.526. The van der Waals surface area contributed by atoms with Gasteiger partial charge < -0.3 is 15.5 Å². The Morgan fingerprint density at radius 3 is 2.17 bits per heavy atom. The van der Waals surface area contributed by atoms with Gasteiger partial charge in [0.2, 0.25) is 0 Å². The lowest BCUT2D eigenvalue weighted by molar-refractivity contribution is 0.471. The third-order valence-electron chi connectivity index (χ3n) is 2.61. The largest absolute Gasteiger partial charge is 0.508 e. The quantitative estimate of drug-likeness (QED) is 0.813. The lowest BCUT2D eigenvalue weighted by atomic mass is 10.2. The van der Waals surface area contributed by atoms with Crippen molar-refractivity contribution in [2.24, 2.45) is 0 Å². The van der Waals surface area contributed by atoms with Crippen LogP contribution in [0.3, 0.4) is 0 Å². The van der Waals surface area contributed by atoms with Crippen LogP contribution in [0.25, 0.3) is 0 Å². The van der Waals surface area contributed by atoms with Crippen LogP contribution in [0.4, 0.5) is 0 Å². The molecule has 3 N–H and O–H groups in total. The van der Waals surface area contributed by atoms with E-state index in [2.05, 4.69) is 21.2 Å². The maximum Gasteiger partial charge on any atom is 0.129 e. The van der Waals surface area contributed by atoms with Crippen LogP contribution in [0.1, 0.15) is 11.1 Å². The average molecular weight is 308 g/mol. The Morgan fingerprint density at radius 1 is 0.889 bits per heavy atom. The number of rotatable bonds is 4. The van der Waals surface area contributed by atoms with E-state index in [1.54, 1.807) is 18.2 Å². The zero-order valence-corrected chi connectivity index (χ0v) is 11.3. The van der Waals surface area contributed by atoms with E-state index >= 15 is 0 Å². The molecular weight excluding hydrogens is 294 g/mol. The Hall–Kier alpha value is -1.52. The highest BCUT2D eigenvalue weighted by molar-refractivity contribution is 9.10. The Labute approximate surface area is 114 Å². The lowest BCUT2D eigenvalue weighted by Gasteiger charge is -2.06. The number of nitrogens with one attached hydrogen (secondary N) is 1. The van der Waals surface area contributed by atoms with E-state index in [-0.39, 0.29) is 11.5 Å². The van der Waals surface area contributed by atoms with E-state index in [0.29, 0.717) is 4.47 Å². The molecule has 94 valence electrons.